The van der Waals surface area contributed by atoms with Gasteiger partial charge in [-0.15, -0.1) is 0 Å². The van der Waals surface area contributed by atoms with E-state index >= 15 is 0 Å². The third-order valence-electron chi connectivity index (χ3n) is 3.11. The molecule has 17 heavy (non-hydrogen) atoms. The Hall–Kier alpha value is -0.770. The lowest BCUT2D eigenvalue weighted by molar-refractivity contribution is 0.166. The molecule has 0 radical (unpaired) electrons. The summed E-state index contributed by atoms with van der Waals surface area (Å²) >= 11 is 0. The van der Waals surface area contributed by atoms with Gasteiger partial charge in [-0.05, 0) is 46.6 Å². The zero-order valence-electron chi connectivity index (χ0n) is 11.5. The smallest absolute Gasteiger partial charge is 0.318 e. The molecule has 0 unspecified atom stereocenters. The molecular formula is C13H27N3O. The lowest BCUT2D eigenvalue weighted by Gasteiger charge is -2.32. The van der Waals surface area contributed by atoms with E-state index in [-0.39, 0.29) is 11.6 Å². The normalized spacial score (nSPS) is 17.2. The summed E-state index contributed by atoms with van der Waals surface area (Å²) in [6, 6.07) is 0.488. The molecule has 3 N–H and O–H groups in total. The SMILES string of the molecule is CC(C)(C)NC(=O)N(CCCN)C1CCCC1. The van der Waals surface area contributed by atoms with E-state index in [0.717, 1.165) is 25.8 Å². The van der Waals surface area contributed by atoms with Gasteiger partial charge in [0.15, 0.2) is 0 Å². The maximum atomic E-state index is 12.2. The number of carbonyl (C=O) groups is 1. The minimum absolute atomic E-state index is 0.0675. The summed E-state index contributed by atoms with van der Waals surface area (Å²) in [5.74, 6) is 0. The van der Waals surface area contributed by atoms with Crippen molar-refractivity contribution in [1.82, 2.24) is 10.2 Å². The first-order valence-electron chi connectivity index (χ1n) is 6.73. The van der Waals surface area contributed by atoms with E-state index in [4.69, 9.17) is 5.73 Å². The second kappa shape index (κ2) is 6.24. The predicted molar refractivity (Wildman–Crippen MR) is 70.9 cm³/mol. The van der Waals surface area contributed by atoms with Crippen molar-refractivity contribution < 1.29 is 4.79 Å². The van der Waals surface area contributed by atoms with Crippen LogP contribution in [0.3, 0.4) is 0 Å². The summed E-state index contributed by atoms with van der Waals surface area (Å²) in [6.45, 7) is 7.47. The van der Waals surface area contributed by atoms with Crippen LogP contribution in [0, 0.1) is 0 Å². The molecule has 1 saturated carbocycles. The Morgan fingerprint density at radius 2 is 1.94 bits per heavy atom. The first-order valence-corrected chi connectivity index (χ1v) is 6.73. The van der Waals surface area contributed by atoms with Crippen LogP contribution in [-0.4, -0.2) is 35.6 Å². The molecule has 4 heteroatoms. The summed E-state index contributed by atoms with van der Waals surface area (Å²) in [7, 11) is 0. The highest BCUT2D eigenvalue weighted by Crippen LogP contribution is 2.24. The van der Waals surface area contributed by atoms with Crippen LogP contribution in [0.4, 0.5) is 4.79 Å². The number of nitrogens with one attached hydrogen (secondary N) is 1. The van der Waals surface area contributed by atoms with Crippen molar-refractivity contribution in [2.45, 2.75) is 64.5 Å². The highest BCUT2D eigenvalue weighted by molar-refractivity contribution is 5.75. The molecule has 0 bridgehead atoms. The summed E-state index contributed by atoms with van der Waals surface area (Å²) < 4.78 is 0. The van der Waals surface area contributed by atoms with E-state index in [1.165, 1.54) is 12.8 Å². The van der Waals surface area contributed by atoms with Crippen molar-refractivity contribution in [3.8, 4) is 0 Å². The monoisotopic (exact) mass is 241 g/mol. The van der Waals surface area contributed by atoms with E-state index in [1.807, 2.05) is 25.7 Å². The number of urea groups is 1. The van der Waals surface area contributed by atoms with Gasteiger partial charge in [0.05, 0.1) is 0 Å². The van der Waals surface area contributed by atoms with Crippen molar-refractivity contribution in [3.05, 3.63) is 0 Å². The second-order valence-corrected chi connectivity index (χ2v) is 5.95. The van der Waals surface area contributed by atoms with Crippen LogP contribution in [0.15, 0.2) is 0 Å². The fraction of sp³-hybridized carbons (Fsp3) is 0.923. The van der Waals surface area contributed by atoms with Crippen LogP contribution in [0.1, 0.15) is 52.9 Å². The Labute approximate surface area is 105 Å². The number of rotatable bonds is 4. The topological polar surface area (TPSA) is 58.4 Å². The average molecular weight is 241 g/mol. The van der Waals surface area contributed by atoms with Crippen molar-refractivity contribution in [1.29, 1.82) is 0 Å². The molecule has 0 heterocycles. The lowest BCUT2D eigenvalue weighted by Crippen LogP contribution is -2.51. The summed E-state index contributed by atoms with van der Waals surface area (Å²) in [5, 5.41) is 3.05. The standard InChI is InChI=1S/C13H27N3O/c1-13(2,3)15-12(17)16(10-6-9-14)11-7-4-5-8-11/h11H,4-10,14H2,1-3H3,(H,15,17). The number of hydrogen-bond acceptors (Lipinski definition) is 2. The quantitative estimate of drug-likeness (QED) is 0.792. The minimum Gasteiger partial charge on any atom is -0.333 e. The molecule has 1 aliphatic rings. The van der Waals surface area contributed by atoms with Gasteiger partial charge in [0.25, 0.3) is 0 Å². The predicted octanol–water partition coefficient (Wildman–Crippen LogP) is 2.09. The number of amides is 2. The molecule has 0 saturated heterocycles. The number of nitrogens with two attached hydrogens (primary N) is 1. The van der Waals surface area contributed by atoms with Gasteiger partial charge < -0.3 is 16.0 Å². The Morgan fingerprint density at radius 1 is 1.35 bits per heavy atom. The van der Waals surface area contributed by atoms with Crippen LogP contribution >= 0.6 is 0 Å². The molecular weight excluding hydrogens is 214 g/mol. The van der Waals surface area contributed by atoms with Gasteiger partial charge in [0.1, 0.15) is 0 Å². The van der Waals surface area contributed by atoms with Gasteiger partial charge in [-0.25, -0.2) is 4.79 Å². The lowest BCUT2D eigenvalue weighted by atomic mass is 10.1. The van der Waals surface area contributed by atoms with Crippen LogP contribution in [0.5, 0.6) is 0 Å². The van der Waals surface area contributed by atoms with Crippen LogP contribution < -0.4 is 11.1 Å². The Morgan fingerprint density at radius 3 is 2.41 bits per heavy atom. The first-order chi connectivity index (χ1) is 7.94. The van der Waals surface area contributed by atoms with Crippen LogP contribution in [0.2, 0.25) is 0 Å². The molecule has 100 valence electrons. The molecule has 1 fully saturated rings. The maximum Gasteiger partial charge on any atom is 0.318 e. The van der Waals surface area contributed by atoms with Crippen molar-refractivity contribution in [2.24, 2.45) is 5.73 Å². The van der Waals surface area contributed by atoms with E-state index in [1.54, 1.807) is 0 Å². The van der Waals surface area contributed by atoms with Gasteiger partial charge in [-0.2, -0.15) is 0 Å². The third-order valence-corrected chi connectivity index (χ3v) is 3.11. The molecule has 0 atom stereocenters. The van der Waals surface area contributed by atoms with Gasteiger partial charge >= 0.3 is 6.03 Å². The fourth-order valence-electron chi connectivity index (χ4n) is 2.32. The Balaban J connectivity index is 2.57. The number of nitrogens with zero attached hydrogens (tertiary/aromatic N) is 1. The van der Waals surface area contributed by atoms with Crippen molar-refractivity contribution in [3.63, 3.8) is 0 Å². The average Bonchev–Trinajstić information content (AvgIpc) is 2.68. The minimum atomic E-state index is -0.170. The molecule has 0 aromatic heterocycles. The molecule has 0 spiro atoms. The molecule has 1 rings (SSSR count). The molecule has 0 aromatic carbocycles. The van der Waals surface area contributed by atoms with E-state index in [0.29, 0.717) is 12.6 Å². The fourth-order valence-corrected chi connectivity index (χ4v) is 2.32. The zero-order chi connectivity index (χ0) is 12.9. The largest absolute Gasteiger partial charge is 0.333 e. The molecule has 2 amide bonds. The van der Waals surface area contributed by atoms with E-state index in [2.05, 4.69) is 5.32 Å². The van der Waals surface area contributed by atoms with E-state index in [9.17, 15) is 4.79 Å². The number of hydrogen-bond donors (Lipinski definition) is 2. The summed E-state index contributed by atoms with van der Waals surface area (Å²) in [6.07, 6.45) is 5.65. The molecule has 0 aliphatic heterocycles. The molecule has 0 aromatic rings. The van der Waals surface area contributed by atoms with E-state index < -0.39 is 0 Å². The van der Waals surface area contributed by atoms with Crippen LogP contribution in [0.25, 0.3) is 0 Å². The highest BCUT2D eigenvalue weighted by atomic mass is 16.2. The Kier molecular flexibility index (Phi) is 5.25. The molecule has 1 aliphatic carbocycles. The highest BCUT2D eigenvalue weighted by Gasteiger charge is 2.27. The maximum absolute atomic E-state index is 12.2. The second-order valence-electron chi connectivity index (χ2n) is 5.95. The molecule has 4 nitrogen and oxygen atoms in total. The zero-order valence-corrected chi connectivity index (χ0v) is 11.5. The van der Waals surface area contributed by atoms with Gasteiger partial charge in [0, 0.05) is 18.1 Å². The van der Waals surface area contributed by atoms with Crippen molar-refractivity contribution >= 4 is 6.03 Å². The first kappa shape index (κ1) is 14.3. The van der Waals surface area contributed by atoms with Crippen molar-refractivity contribution in [2.75, 3.05) is 13.1 Å². The van der Waals surface area contributed by atoms with Gasteiger partial charge in [-0.1, -0.05) is 12.8 Å². The summed E-state index contributed by atoms with van der Waals surface area (Å²) in [5.41, 5.74) is 5.37. The van der Waals surface area contributed by atoms with Crippen LogP contribution in [-0.2, 0) is 0 Å². The third kappa shape index (κ3) is 4.94. The van der Waals surface area contributed by atoms with Gasteiger partial charge in [-0.3, -0.25) is 0 Å². The van der Waals surface area contributed by atoms with Gasteiger partial charge in [0.2, 0.25) is 0 Å². The summed E-state index contributed by atoms with van der Waals surface area (Å²) in [4.78, 5) is 14.2. The number of carbonyl (C=O) groups excluding carboxylic acids is 1. The Bertz CT molecular complexity index is 242.